The summed E-state index contributed by atoms with van der Waals surface area (Å²) in [6, 6.07) is 9.78. The number of ether oxygens (including phenoxy) is 2. The first-order chi connectivity index (χ1) is 15.1. The zero-order valence-electron chi connectivity index (χ0n) is 17.8. The second-order valence-corrected chi connectivity index (χ2v) is 7.37. The Bertz CT molecular complexity index is 722. The van der Waals surface area contributed by atoms with Gasteiger partial charge in [0, 0.05) is 13.0 Å². The Morgan fingerprint density at radius 3 is 2.61 bits per heavy atom. The van der Waals surface area contributed by atoms with Crippen LogP contribution >= 0.6 is 0 Å². The lowest BCUT2D eigenvalue weighted by Gasteiger charge is -2.18. The van der Waals surface area contributed by atoms with Gasteiger partial charge in [-0.3, -0.25) is 14.4 Å². The average molecular weight is 433 g/mol. The van der Waals surface area contributed by atoms with Crippen molar-refractivity contribution in [3.05, 3.63) is 48.0 Å². The summed E-state index contributed by atoms with van der Waals surface area (Å²) in [5.41, 5.74) is 1.07. The molecule has 2 atom stereocenters. The Labute approximate surface area is 183 Å². The Morgan fingerprint density at radius 2 is 1.87 bits per heavy atom. The number of esters is 1. The van der Waals surface area contributed by atoms with Crippen molar-refractivity contribution in [1.82, 2.24) is 10.6 Å². The molecule has 0 unspecified atom stereocenters. The highest BCUT2D eigenvalue weighted by atomic mass is 16.5. The highest BCUT2D eigenvalue weighted by molar-refractivity contribution is 5.86. The van der Waals surface area contributed by atoms with E-state index >= 15 is 0 Å². The third-order valence-electron chi connectivity index (χ3n) is 4.92. The fourth-order valence-electron chi connectivity index (χ4n) is 3.28. The number of carbonyl (C=O) groups excluding carboxylic acids is 3. The molecule has 0 bridgehead atoms. The van der Waals surface area contributed by atoms with Crippen molar-refractivity contribution in [1.29, 1.82) is 0 Å². The molecule has 8 heteroatoms. The van der Waals surface area contributed by atoms with Crippen LogP contribution in [0.2, 0.25) is 0 Å². The number of hydrogen-bond donors (Lipinski definition) is 3. The topological polar surface area (TPSA) is 114 Å². The summed E-state index contributed by atoms with van der Waals surface area (Å²) < 4.78 is 10.5. The lowest BCUT2D eigenvalue weighted by molar-refractivity contribution is -0.148. The first-order valence-electron chi connectivity index (χ1n) is 10.7. The SMILES string of the molecule is O=C(C[C@H]1CC=CC[C@H](Cc2ccccc2)C(=O)OCCNC1=O)NCCOCCO. The van der Waals surface area contributed by atoms with Crippen LogP contribution in [0.4, 0.5) is 0 Å². The van der Waals surface area contributed by atoms with Crippen LogP contribution in [0.15, 0.2) is 42.5 Å². The van der Waals surface area contributed by atoms with E-state index in [0.29, 0.717) is 32.4 Å². The highest BCUT2D eigenvalue weighted by Gasteiger charge is 2.23. The third kappa shape index (κ3) is 9.76. The summed E-state index contributed by atoms with van der Waals surface area (Å²) in [4.78, 5) is 37.1. The third-order valence-corrected chi connectivity index (χ3v) is 4.92. The molecule has 0 radical (unpaired) electrons. The molecular weight excluding hydrogens is 400 g/mol. The quantitative estimate of drug-likeness (QED) is 0.305. The summed E-state index contributed by atoms with van der Waals surface area (Å²) in [7, 11) is 0. The van der Waals surface area contributed by atoms with Crippen LogP contribution in [-0.2, 0) is 30.3 Å². The zero-order valence-corrected chi connectivity index (χ0v) is 17.8. The van der Waals surface area contributed by atoms with Crippen LogP contribution in [0.1, 0.15) is 24.8 Å². The summed E-state index contributed by atoms with van der Waals surface area (Å²) in [6.07, 6.45) is 5.31. The number of rotatable bonds is 9. The molecule has 0 spiro atoms. The molecule has 2 amide bonds. The monoisotopic (exact) mass is 432 g/mol. The van der Waals surface area contributed by atoms with E-state index in [2.05, 4.69) is 10.6 Å². The maximum Gasteiger partial charge on any atom is 0.309 e. The molecule has 1 aliphatic heterocycles. The van der Waals surface area contributed by atoms with Crippen molar-refractivity contribution in [3.63, 3.8) is 0 Å². The minimum Gasteiger partial charge on any atom is -0.464 e. The van der Waals surface area contributed by atoms with Gasteiger partial charge in [0.25, 0.3) is 0 Å². The van der Waals surface area contributed by atoms with E-state index in [4.69, 9.17) is 14.6 Å². The van der Waals surface area contributed by atoms with Crippen molar-refractivity contribution in [2.75, 3.05) is 39.5 Å². The van der Waals surface area contributed by atoms with E-state index in [1.165, 1.54) is 0 Å². The summed E-state index contributed by atoms with van der Waals surface area (Å²) in [6.45, 7) is 1.09. The van der Waals surface area contributed by atoms with Crippen LogP contribution < -0.4 is 10.6 Å². The fourth-order valence-corrected chi connectivity index (χ4v) is 3.28. The summed E-state index contributed by atoms with van der Waals surface area (Å²) in [5.74, 6) is -1.55. The molecule has 1 heterocycles. The molecule has 0 aliphatic carbocycles. The van der Waals surface area contributed by atoms with E-state index in [0.717, 1.165) is 5.56 Å². The lowest BCUT2D eigenvalue weighted by Crippen LogP contribution is -2.37. The zero-order chi connectivity index (χ0) is 22.3. The van der Waals surface area contributed by atoms with E-state index in [1.54, 1.807) is 0 Å². The number of aliphatic hydroxyl groups is 1. The van der Waals surface area contributed by atoms with Crippen LogP contribution in [-0.4, -0.2) is 62.4 Å². The van der Waals surface area contributed by atoms with Crippen LogP contribution in [0, 0.1) is 11.8 Å². The number of cyclic esters (lactones) is 1. The lowest BCUT2D eigenvalue weighted by atomic mass is 9.94. The molecule has 2 rings (SSSR count). The van der Waals surface area contributed by atoms with Crippen molar-refractivity contribution in [2.24, 2.45) is 11.8 Å². The second-order valence-electron chi connectivity index (χ2n) is 7.37. The minimum atomic E-state index is -0.502. The van der Waals surface area contributed by atoms with Crippen LogP contribution in [0.5, 0.6) is 0 Å². The van der Waals surface area contributed by atoms with Gasteiger partial charge in [-0.1, -0.05) is 42.5 Å². The summed E-state index contributed by atoms with van der Waals surface area (Å²) >= 11 is 0. The largest absolute Gasteiger partial charge is 0.464 e. The normalized spacial score (nSPS) is 20.2. The summed E-state index contributed by atoms with van der Waals surface area (Å²) in [5, 5.41) is 14.1. The van der Waals surface area contributed by atoms with Gasteiger partial charge in [0.05, 0.1) is 38.2 Å². The van der Waals surface area contributed by atoms with Crippen molar-refractivity contribution >= 4 is 17.8 Å². The van der Waals surface area contributed by atoms with E-state index in [1.807, 2.05) is 42.5 Å². The minimum absolute atomic E-state index is 0.0589. The van der Waals surface area contributed by atoms with Gasteiger partial charge >= 0.3 is 5.97 Å². The number of carbonyl (C=O) groups is 3. The van der Waals surface area contributed by atoms with E-state index in [9.17, 15) is 14.4 Å². The van der Waals surface area contributed by atoms with Gasteiger partial charge < -0.3 is 25.2 Å². The first kappa shape index (κ1) is 24.6. The predicted octanol–water partition coefficient (Wildman–Crippen LogP) is 0.986. The smallest absolute Gasteiger partial charge is 0.309 e. The Morgan fingerprint density at radius 1 is 1.13 bits per heavy atom. The molecular formula is C23H32N2O6. The van der Waals surface area contributed by atoms with Crippen molar-refractivity contribution in [3.8, 4) is 0 Å². The second kappa shape index (κ2) is 14.3. The molecule has 8 nitrogen and oxygen atoms in total. The molecule has 31 heavy (non-hydrogen) atoms. The van der Waals surface area contributed by atoms with Gasteiger partial charge in [-0.15, -0.1) is 0 Å². The average Bonchev–Trinajstić information content (AvgIpc) is 2.77. The van der Waals surface area contributed by atoms with Gasteiger partial charge in [-0.2, -0.15) is 0 Å². The van der Waals surface area contributed by atoms with Gasteiger partial charge in [-0.25, -0.2) is 0 Å². The molecule has 3 N–H and O–H groups in total. The van der Waals surface area contributed by atoms with Gasteiger partial charge in [-0.05, 0) is 24.8 Å². The van der Waals surface area contributed by atoms with E-state index in [-0.39, 0.29) is 56.5 Å². The number of amides is 2. The van der Waals surface area contributed by atoms with Gasteiger partial charge in [0.15, 0.2) is 0 Å². The van der Waals surface area contributed by atoms with Crippen molar-refractivity contribution < 1.29 is 29.0 Å². The standard InChI is InChI=1S/C23H32N2O6/c26-12-15-30-13-10-24-21(27)17-19-8-4-5-9-20(16-18-6-2-1-3-7-18)23(29)31-14-11-25-22(19)28/h1-7,19-20,26H,8-17H2,(H,24,27)(H,25,28)/t19-,20-/m1/s1. The fraction of sp³-hybridized carbons (Fsp3) is 0.522. The Hall–Kier alpha value is -2.71. The maximum absolute atomic E-state index is 12.4. The van der Waals surface area contributed by atoms with Crippen molar-refractivity contribution in [2.45, 2.75) is 25.7 Å². The molecule has 0 fully saturated rings. The molecule has 0 saturated heterocycles. The van der Waals surface area contributed by atoms with E-state index < -0.39 is 5.92 Å². The number of benzene rings is 1. The number of aliphatic hydroxyl groups excluding tert-OH is 1. The molecule has 0 saturated carbocycles. The molecule has 1 aromatic carbocycles. The van der Waals surface area contributed by atoms with Crippen LogP contribution in [0.25, 0.3) is 0 Å². The molecule has 1 aromatic rings. The molecule has 1 aliphatic rings. The Kier molecular flexibility index (Phi) is 11.3. The highest BCUT2D eigenvalue weighted by Crippen LogP contribution is 2.17. The van der Waals surface area contributed by atoms with Crippen LogP contribution in [0.3, 0.4) is 0 Å². The number of hydrogen-bond acceptors (Lipinski definition) is 6. The number of allylic oxidation sites excluding steroid dienone is 2. The first-order valence-corrected chi connectivity index (χ1v) is 10.7. The molecule has 170 valence electrons. The Balaban J connectivity index is 1.91. The molecule has 0 aromatic heterocycles. The number of nitrogens with one attached hydrogen (secondary N) is 2. The van der Waals surface area contributed by atoms with Gasteiger partial charge in [0.1, 0.15) is 6.61 Å². The predicted molar refractivity (Wildman–Crippen MR) is 115 cm³/mol. The van der Waals surface area contributed by atoms with Gasteiger partial charge in [0.2, 0.25) is 11.8 Å². The maximum atomic E-state index is 12.4.